The molecule has 4 rings (SSSR count). The first kappa shape index (κ1) is 12.9. The maximum absolute atomic E-state index is 9.70. The zero-order valence-electron chi connectivity index (χ0n) is 12.2. The molecule has 1 N–H and O–H groups in total. The second-order valence-corrected chi connectivity index (χ2v) is 5.64. The molecule has 0 saturated heterocycles. The van der Waals surface area contributed by atoms with Crippen LogP contribution in [0.4, 0.5) is 0 Å². The smallest absolute Gasteiger partial charge is 0.116 e. The van der Waals surface area contributed by atoms with Gasteiger partial charge in [-0.25, -0.2) is 0 Å². The second kappa shape index (κ2) is 5.19. The average molecular weight is 284 g/mol. The van der Waals surface area contributed by atoms with Crippen LogP contribution in [0, 0.1) is 0 Å². The molecule has 0 bridgehead atoms. The maximum Gasteiger partial charge on any atom is 0.116 e. The van der Waals surface area contributed by atoms with Gasteiger partial charge >= 0.3 is 0 Å². The number of benzene rings is 3. The van der Waals surface area contributed by atoms with Crippen molar-refractivity contribution >= 4 is 11.6 Å². The molecule has 0 heterocycles. The zero-order valence-corrected chi connectivity index (χ0v) is 12.2. The summed E-state index contributed by atoms with van der Waals surface area (Å²) >= 11 is 0. The lowest BCUT2D eigenvalue weighted by Crippen LogP contribution is -2.06. The van der Waals surface area contributed by atoms with Gasteiger partial charge in [0.2, 0.25) is 0 Å². The summed E-state index contributed by atoms with van der Waals surface area (Å²) in [6, 6.07) is 24.5. The number of aromatic hydroxyl groups is 1. The third-order valence-electron chi connectivity index (χ3n) is 4.18. The van der Waals surface area contributed by atoms with Crippen LogP contribution in [0.2, 0.25) is 0 Å². The van der Waals surface area contributed by atoms with Crippen molar-refractivity contribution in [3.05, 3.63) is 101 Å². The Bertz CT molecular complexity index is 827. The number of hydrogen-bond acceptors (Lipinski definition) is 1. The number of phenolic OH excluding ortho intramolecular Hbond substituents is 1. The van der Waals surface area contributed by atoms with E-state index in [4.69, 9.17) is 0 Å². The van der Waals surface area contributed by atoms with Crippen molar-refractivity contribution in [2.24, 2.45) is 0 Å². The van der Waals surface area contributed by atoms with Gasteiger partial charge in [0.05, 0.1) is 0 Å². The van der Waals surface area contributed by atoms with Crippen LogP contribution in [0.3, 0.4) is 0 Å². The Balaban J connectivity index is 1.95. The number of fused-ring (bicyclic) bond motifs is 2. The standard InChI is InChI=1S/C21H16O/c22-18-9-5-6-15(12-18)13-21-19-10-3-1-7-16(19)14-17-8-2-4-11-20(17)21/h1-13,22H,14H2. The van der Waals surface area contributed by atoms with Crippen LogP contribution in [0.15, 0.2) is 72.8 Å². The molecular weight excluding hydrogens is 268 g/mol. The van der Waals surface area contributed by atoms with E-state index >= 15 is 0 Å². The Morgan fingerprint density at radius 2 is 1.36 bits per heavy atom. The molecule has 106 valence electrons. The summed E-state index contributed by atoms with van der Waals surface area (Å²) in [6.45, 7) is 0. The highest BCUT2D eigenvalue weighted by molar-refractivity contribution is 5.95. The Morgan fingerprint density at radius 3 is 2.00 bits per heavy atom. The predicted molar refractivity (Wildman–Crippen MR) is 90.8 cm³/mol. The summed E-state index contributed by atoms with van der Waals surface area (Å²) in [5, 5.41) is 9.70. The summed E-state index contributed by atoms with van der Waals surface area (Å²) in [5.41, 5.74) is 7.51. The lowest BCUT2D eigenvalue weighted by atomic mass is 9.81. The van der Waals surface area contributed by atoms with E-state index < -0.39 is 0 Å². The van der Waals surface area contributed by atoms with Crippen molar-refractivity contribution in [3.63, 3.8) is 0 Å². The monoisotopic (exact) mass is 284 g/mol. The zero-order chi connectivity index (χ0) is 14.9. The van der Waals surface area contributed by atoms with Crippen LogP contribution in [0.1, 0.15) is 27.8 Å². The highest BCUT2D eigenvalue weighted by Crippen LogP contribution is 2.37. The van der Waals surface area contributed by atoms with Crippen molar-refractivity contribution in [1.29, 1.82) is 0 Å². The number of hydrogen-bond donors (Lipinski definition) is 1. The average Bonchev–Trinajstić information content (AvgIpc) is 2.55. The molecule has 3 aromatic carbocycles. The van der Waals surface area contributed by atoms with Gasteiger partial charge in [0.1, 0.15) is 5.75 Å². The molecule has 0 amide bonds. The summed E-state index contributed by atoms with van der Waals surface area (Å²) in [4.78, 5) is 0. The van der Waals surface area contributed by atoms with Crippen LogP contribution in [-0.2, 0) is 6.42 Å². The molecule has 1 aliphatic rings. The fourth-order valence-electron chi connectivity index (χ4n) is 3.16. The molecule has 1 aliphatic carbocycles. The molecule has 22 heavy (non-hydrogen) atoms. The van der Waals surface area contributed by atoms with E-state index in [2.05, 4.69) is 54.6 Å². The van der Waals surface area contributed by atoms with Gasteiger partial charge in [-0.15, -0.1) is 0 Å². The Hall–Kier alpha value is -2.80. The van der Waals surface area contributed by atoms with Crippen LogP contribution in [-0.4, -0.2) is 5.11 Å². The first-order valence-electron chi connectivity index (χ1n) is 7.48. The SMILES string of the molecule is Oc1cccc(C=C2c3ccccc3Cc3ccccc32)c1. The molecule has 1 nitrogen and oxygen atoms in total. The summed E-state index contributed by atoms with van der Waals surface area (Å²) in [6.07, 6.45) is 3.14. The minimum absolute atomic E-state index is 0.298. The third-order valence-corrected chi connectivity index (χ3v) is 4.18. The largest absolute Gasteiger partial charge is 0.508 e. The molecule has 3 aromatic rings. The molecule has 0 atom stereocenters. The van der Waals surface area contributed by atoms with Gasteiger partial charge in [-0.3, -0.25) is 0 Å². The van der Waals surface area contributed by atoms with E-state index in [1.807, 2.05) is 12.1 Å². The molecule has 0 aliphatic heterocycles. The minimum atomic E-state index is 0.298. The highest BCUT2D eigenvalue weighted by atomic mass is 16.3. The normalized spacial score (nSPS) is 12.5. The van der Waals surface area contributed by atoms with Crippen LogP contribution < -0.4 is 0 Å². The van der Waals surface area contributed by atoms with E-state index in [1.165, 1.54) is 27.8 Å². The van der Waals surface area contributed by atoms with E-state index in [-0.39, 0.29) is 0 Å². The third kappa shape index (κ3) is 2.21. The van der Waals surface area contributed by atoms with Gasteiger partial charge in [-0.2, -0.15) is 0 Å². The van der Waals surface area contributed by atoms with E-state index in [0.29, 0.717) is 5.75 Å². The molecule has 0 aromatic heterocycles. The van der Waals surface area contributed by atoms with Crippen molar-refractivity contribution in [1.82, 2.24) is 0 Å². The molecule has 1 heteroatoms. The van der Waals surface area contributed by atoms with Gasteiger partial charge in [-0.05, 0) is 58.0 Å². The predicted octanol–water partition coefficient (Wildman–Crippen LogP) is 4.89. The van der Waals surface area contributed by atoms with Gasteiger partial charge in [0.25, 0.3) is 0 Å². The molecule has 0 fully saturated rings. The fourth-order valence-corrected chi connectivity index (χ4v) is 3.16. The van der Waals surface area contributed by atoms with Crippen molar-refractivity contribution in [3.8, 4) is 5.75 Å². The second-order valence-electron chi connectivity index (χ2n) is 5.64. The molecule has 0 spiro atoms. The quantitative estimate of drug-likeness (QED) is 0.528. The van der Waals surface area contributed by atoms with Crippen LogP contribution >= 0.6 is 0 Å². The molecule has 0 radical (unpaired) electrons. The van der Waals surface area contributed by atoms with Gasteiger partial charge in [-0.1, -0.05) is 60.7 Å². The molecule has 0 saturated carbocycles. The Kier molecular flexibility index (Phi) is 3.05. The van der Waals surface area contributed by atoms with Crippen molar-refractivity contribution in [2.75, 3.05) is 0 Å². The van der Waals surface area contributed by atoms with Crippen LogP contribution in [0.5, 0.6) is 5.75 Å². The maximum atomic E-state index is 9.70. The number of rotatable bonds is 1. The van der Waals surface area contributed by atoms with Gasteiger partial charge < -0.3 is 5.11 Å². The number of phenols is 1. The topological polar surface area (TPSA) is 20.2 Å². The van der Waals surface area contributed by atoms with Crippen molar-refractivity contribution < 1.29 is 5.11 Å². The van der Waals surface area contributed by atoms with Crippen molar-refractivity contribution in [2.45, 2.75) is 6.42 Å². The fraction of sp³-hybridized carbons (Fsp3) is 0.0476. The summed E-state index contributed by atoms with van der Waals surface area (Å²) < 4.78 is 0. The molecular formula is C21H16O. The van der Waals surface area contributed by atoms with Gasteiger partial charge in [0, 0.05) is 0 Å². The van der Waals surface area contributed by atoms with E-state index in [1.54, 1.807) is 12.1 Å². The van der Waals surface area contributed by atoms with E-state index in [0.717, 1.165) is 12.0 Å². The minimum Gasteiger partial charge on any atom is -0.508 e. The summed E-state index contributed by atoms with van der Waals surface area (Å²) in [5.74, 6) is 0.298. The Labute approximate surface area is 130 Å². The summed E-state index contributed by atoms with van der Waals surface area (Å²) in [7, 11) is 0. The lowest BCUT2D eigenvalue weighted by Gasteiger charge is -2.22. The Morgan fingerprint density at radius 1 is 0.727 bits per heavy atom. The van der Waals surface area contributed by atoms with Crippen LogP contribution in [0.25, 0.3) is 11.6 Å². The van der Waals surface area contributed by atoms with E-state index in [9.17, 15) is 5.11 Å². The highest BCUT2D eigenvalue weighted by Gasteiger charge is 2.19. The lowest BCUT2D eigenvalue weighted by molar-refractivity contribution is 0.475. The first-order chi connectivity index (χ1) is 10.8. The first-order valence-corrected chi connectivity index (χ1v) is 7.48. The van der Waals surface area contributed by atoms with Gasteiger partial charge in [0.15, 0.2) is 0 Å². The molecule has 0 unspecified atom stereocenters.